The maximum atomic E-state index is 11.8. The highest BCUT2D eigenvalue weighted by molar-refractivity contribution is 5.80. The first kappa shape index (κ1) is 15.0. The second kappa shape index (κ2) is 6.74. The molecular formula is C11H21N7O. The van der Waals surface area contributed by atoms with Crippen LogP contribution in [-0.4, -0.2) is 48.0 Å². The van der Waals surface area contributed by atoms with Crippen molar-refractivity contribution in [3.05, 3.63) is 6.07 Å². The van der Waals surface area contributed by atoms with Gasteiger partial charge in [0.2, 0.25) is 11.9 Å². The zero-order valence-electron chi connectivity index (χ0n) is 11.6. The van der Waals surface area contributed by atoms with Crippen LogP contribution in [0.3, 0.4) is 0 Å². The molecule has 5 N–H and O–H groups in total. The standard InChI is InChI=1S/C11H21N7O/c1-4-5-18(7-10(19)17(2)3)9-6-8(16-13)14-11(12)15-9/h6H,4-5,7,13H2,1-3H3,(H3,12,14,15,16). The molecule has 0 atom stereocenters. The molecule has 0 spiro atoms. The quantitative estimate of drug-likeness (QED) is 0.477. The SMILES string of the molecule is CCCN(CC(=O)N(C)C)c1cc(NN)nc(N)n1. The highest BCUT2D eigenvalue weighted by atomic mass is 16.2. The number of hydrazine groups is 1. The molecule has 1 rings (SSSR count). The minimum Gasteiger partial charge on any atom is -0.368 e. The van der Waals surface area contributed by atoms with E-state index < -0.39 is 0 Å². The Morgan fingerprint density at radius 1 is 1.42 bits per heavy atom. The Morgan fingerprint density at radius 2 is 2.11 bits per heavy atom. The van der Waals surface area contributed by atoms with Gasteiger partial charge in [-0.05, 0) is 6.42 Å². The second-order valence-electron chi connectivity index (χ2n) is 4.32. The number of amides is 1. The van der Waals surface area contributed by atoms with E-state index in [9.17, 15) is 4.79 Å². The lowest BCUT2D eigenvalue weighted by molar-refractivity contribution is -0.127. The summed E-state index contributed by atoms with van der Waals surface area (Å²) in [7, 11) is 3.43. The van der Waals surface area contributed by atoms with Crippen LogP contribution in [0.2, 0.25) is 0 Å². The molecular weight excluding hydrogens is 246 g/mol. The molecule has 0 saturated carbocycles. The summed E-state index contributed by atoms with van der Waals surface area (Å²) in [6, 6.07) is 1.66. The average molecular weight is 267 g/mol. The number of carbonyl (C=O) groups excluding carboxylic acids is 1. The van der Waals surface area contributed by atoms with E-state index >= 15 is 0 Å². The van der Waals surface area contributed by atoms with Gasteiger partial charge in [-0.15, -0.1) is 0 Å². The van der Waals surface area contributed by atoms with Gasteiger partial charge in [-0.3, -0.25) is 4.79 Å². The zero-order chi connectivity index (χ0) is 14.4. The lowest BCUT2D eigenvalue weighted by atomic mass is 10.3. The third-order valence-electron chi connectivity index (χ3n) is 2.52. The fraction of sp³-hybridized carbons (Fsp3) is 0.545. The molecule has 8 nitrogen and oxygen atoms in total. The largest absolute Gasteiger partial charge is 0.368 e. The Balaban J connectivity index is 2.97. The lowest BCUT2D eigenvalue weighted by Crippen LogP contribution is -2.37. The van der Waals surface area contributed by atoms with E-state index in [2.05, 4.69) is 15.4 Å². The highest BCUT2D eigenvalue weighted by Gasteiger charge is 2.15. The summed E-state index contributed by atoms with van der Waals surface area (Å²) in [5.41, 5.74) is 8.05. The van der Waals surface area contributed by atoms with Gasteiger partial charge >= 0.3 is 0 Å². The minimum absolute atomic E-state index is 0.00658. The van der Waals surface area contributed by atoms with E-state index in [1.54, 1.807) is 20.2 Å². The number of hydrogen-bond acceptors (Lipinski definition) is 7. The van der Waals surface area contributed by atoms with Crippen LogP contribution in [0.25, 0.3) is 0 Å². The van der Waals surface area contributed by atoms with Gasteiger partial charge in [-0.25, -0.2) is 5.84 Å². The molecule has 0 aliphatic carbocycles. The molecule has 0 saturated heterocycles. The maximum Gasteiger partial charge on any atom is 0.241 e. The molecule has 1 amide bonds. The van der Waals surface area contributed by atoms with Crippen molar-refractivity contribution in [2.75, 3.05) is 43.2 Å². The Hall–Kier alpha value is -2.09. The van der Waals surface area contributed by atoms with Crippen LogP contribution in [0.1, 0.15) is 13.3 Å². The average Bonchev–Trinajstić information content (AvgIpc) is 2.37. The van der Waals surface area contributed by atoms with Crippen LogP contribution in [0.15, 0.2) is 6.07 Å². The van der Waals surface area contributed by atoms with Crippen molar-refractivity contribution < 1.29 is 4.79 Å². The zero-order valence-corrected chi connectivity index (χ0v) is 11.6. The summed E-state index contributed by atoms with van der Waals surface area (Å²) >= 11 is 0. The molecule has 0 aromatic carbocycles. The minimum atomic E-state index is -0.00658. The van der Waals surface area contributed by atoms with E-state index in [-0.39, 0.29) is 18.4 Å². The number of nitrogens with two attached hydrogens (primary N) is 2. The molecule has 0 bridgehead atoms. The summed E-state index contributed by atoms with van der Waals surface area (Å²) in [6.45, 7) is 2.96. The monoisotopic (exact) mass is 267 g/mol. The molecule has 0 aliphatic heterocycles. The second-order valence-corrected chi connectivity index (χ2v) is 4.32. The van der Waals surface area contributed by atoms with Gasteiger partial charge in [0, 0.05) is 26.7 Å². The summed E-state index contributed by atoms with van der Waals surface area (Å²) in [5, 5.41) is 0. The van der Waals surface area contributed by atoms with Crippen LogP contribution in [0.5, 0.6) is 0 Å². The van der Waals surface area contributed by atoms with Crippen LogP contribution < -0.4 is 21.9 Å². The molecule has 19 heavy (non-hydrogen) atoms. The summed E-state index contributed by atoms with van der Waals surface area (Å²) in [4.78, 5) is 23.3. The van der Waals surface area contributed by atoms with Gasteiger partial charge in [0.1, 0.15) is 11.6 Å². The van der Waals surface area contributed by atoms with Crippen LogP contribution in [0.4, 0.5) is 17.6 Å². The van der Waals surface area contributed by atoms with E-state index in [0.717, 1.165) is 6.42 Å². The fourth-order valence-electron chi connectivity index (χ4n) is 1.54. The van der Waals surface area contributed by atoms with Crippen LogP contribution in [0, 0.1) is 0 Å². The van der Waals surface area contributed by atoms with Crippen molar-refractivity contribution in [2.45, 2.75) is 13.3 Å². The Labute approximate surface area is 112 Å². The van der Waals surface area contributed by atoms with Crippen molar-refractivity contribution >= 4 is 23.5 Å². The number of aromatic nitrogens is 2. The van der Waals surface area contributed by atoms with Gasteiger partial charge < -0.3 is 21.0 Å². The molecule has 0 unspecified atom stereocenters. The lowest BCUT2D eigenvalue weighted by Gasteiger charge is -2.24. The van der Waals surface area contributed by atoms with E-state index in [0.29, 0.717) is 18.2 Å². The number of likely N-dealkylation sites (N-methyl/N-ethyl adjacent to an activating group) is 1. The summed E-state index contributed by atoms with van der Waals surface area (Å²) < 4.78 is 0. The van der Waals surface area contributed by atoms with E-state index in [4.69, 9.17) is 11.6 Å². The third-order valence-corrected chi connectivity index (χ3v) is 2.52. The first-order valence-corrected chi connectivity index (χ1v) is 6.04. The van der Waals surface area contributed by atoms with Gasteiger partial charge in [0.05, 0.1) is 6.54 Å². The van der Waals surface area contributed by atoms with Crippen molar-refractivity contribution in [3.8, 4) is 0 Å². The topological polar surface area (TPSA) is 113 Å². The van der Waals surface area contributed by atoms with Crippen LogP contribution in [-0.2, 0) is 4.79 Å². The van der Waals surface area contributed by atoms with Crippen LogP contribution >= 0.6 is 0 Å². The molecule has 0 radical (unpaired) electrons. The smallest absolute Gasteiger partial charge is 0.241 e. The molecule has 8 heteroatoms. The Bertz CT molecular complexity index is 435. The highest BCUT2D eigenvalue weighted by Crippen LogP contribution is 2.16. The van der Waals surface area contributed by atoms with Crippen molar-refractivity contribution in [1.29, 1.82) is 0 Å². The fourth-order valence-corrected chi connectivity index (χ4v) is 1.54. The number of hydrogen-bond donors (Lipinski definition) is 3. The first-order valence-electron chi connectivity index (χ1n) is 6.04. The van der Waals surface area contributed by atoms with E-state index in [1.807, 2.05) is 11.8 Å². The predicted molar refractivity (Wildman–Crippen MR) is 75.5 cm³/mol. The number of anilines is 3. The number of nitrogens with zero attached hydrogens (tertiary/aromatic N) is 4. The third kappa shape index (κ3) is 4.25. The summed E-state index contributed by atoms with van der Waals surface area (Å²) in [5.74, 6) is 6.43. The predicted octanol–water partition coefficient (Wildman–Crippen LogP) is -0.351. The molecule has 1 aromatic rings. The van der Waals surface area contributed by atoms with Crippen molar-refractivity contribution in [2.24, 2.45) is 5.84 Å². The van der Waals surface area contributed by atoms with Gasteiger partial charge in [-0.2, -0.15) is 9.97 Å². The first-order chi connectivity index (χ1) is 8.97. The maximum absolute atomic E-state index is 11.8. The number of nitrogens with one attached hydrogen (secondary N) is 1. The van der Waals surface area contributed by atoms with E-state index in [1.165, 1.54) is 4.90 Å². The number of carbonyl (C=O) groups is 1. The molecule has 106 valence electrons. The number of nitrogen functional groups attached to an aromatic ring is 2. The Morgan fingerprint density at radius 3 is 2.63 bits per heavy atom. The summed E-state index contributed by atoms with van der Waals surface area (Å²) in [6.07, 6.45) is 0.885. The number of rotatable bonds is 6. The molecule has 0 fully saturated rings. The molecule has 1 heterocycles. The molecule has 0 aliphatic rings. The van der Waals surface area contributed by atoms with Crippen molar-refractivity contribution in [1.82, 2.24) is 14.9 Å². The normalized spacial score (nSPS) is 10.1. The van der Waals surface area contributed by atoms with Gasteiger partial charge in [-0.1, -0.05) is 6.92 Å². The van der Waals surface area contributed by atoms with Crippen molar-refractivity contribution in [3.63, 3.8) is 0 Å². The van der Waals surface area contributed by atoms with Gasteiger partial charge in [0.15, 0.2) is 0 Å². The molecule has 1 aromatic heterocycles. The Kier molecular flexibility index (Phi) is 5.31. The van der Waals surface area contributed by atoms with Gasteiger partial charge in [0.25, 0.3) is 0 Å².